The van der Waals surface area contributed by atoms with Crippen molar-refractivity contribution in [3.63, 3.8) is 0 Å². The van der Waals surface area contributed by atoms with E-state index in [2.05, 4.69) is 4.57 Å². The summed E-state index contributed by atoms with van der Waals surface area (Å²) in [6, 6.07) is -0.296. The number of aliphatic hydroxyl groups excluding tert-OH is 1. The lowest BCUT2D eigenvalue weighted by atomic mass is 9.83. The maximum atomic E-state index is 12.3. The lowest BCUT2D eigenvalue weighted by Crippen LogP contribution is -2.62. The second kappa shape index (κ2) is 5.15. The first-order valence-electron chi connectivity index (χ1n) is 8.17. The molecule has 4 rings (SSSR count). The van der Waals surface area contributed by atoms with E-state index in [1.54, 1.807) is 6.92 Å². The number of β-lactam (4-membered cyclic amide) rings is 1. The number of carboxylic acids is 1. The lowest BCUT2D eigenvalue weighted by molar-refractivity contribution is -0.516. The van der Waals surface area contributed by atoms with Crippen molar-refractivity contribution in [3.8, 4) is 0 Å². The predicted octanol–water partition coefficient (Wildman–Crippen LogP) is -0.485. The van der Waals surface area contributed by atoms with Crippen molar-refractivity contribution in [2.75, 3.05) is 0 Å². The van der Waals surface area contributed by atoms with Crippen LogP contribution in [0.3, 0.4) is 0 Å². The highest BCUT2D eigenvalue weighted by Crippen LogP contribution is 2.47. The smallest absolute Gasteiger partial charge is 0.259 e. The van der Waals surface area contributed by atoms with E-state index in [9.17, 15) is 19.8 Å². The Kier molecular flexibility index (Phi) is 3.36. The van der Waals surface area contributed by atoms with Crippen LogP contribution in [0, 0.1) is 19.8 Å². The summed E-state index contributed by atoms with van der Waals surface area (Å²) in [5, 5.41) is 21.5. The van der Waals surface area contributed by atoms with Crippen LogP contribution in [-0.2, 0) is 16.6 Å². The fourth-order valence-electron chi connectivity index (χ4n) is 4.01. The number of imidazole rings is 1. The SMILES string of the molecule is Cc1c2sc(C3=C(C(=O)[O-])N4C(=O)[C@H]([C@@H](C)O)[C@H]4C3)c[n+]2c(C)n1C. The quantitative estimate of drug-likeness (QED) is 0.590. The van der Waals surface area contributed by atoms with Crippen LogP contribution in [0.2, 0.25) is 0 Å². The summed E-state index contributed by atoms with van der Waals surface area (Å²) in [5.74, 6) is -1.17. The predicted molar refractivity (Wildman–Crippen MR) is 88.3 cm³/mol. The zero-order valence-electron chi connectivity index (χ0n) is 14.4. The minimum atomic E-state index is -1.34. The van der Waals surface area contributed by atoms with Gasteiger partial charge in [-0.15, -0.1) is 0 Å². The highest BCUT2D eigenvalue weighted by molar-refractivity contribution is 7.18. The number of aromatic nitrogens is 2. The Morgan fingerprint density at radius 2 is 2.16 bits per heavy atom. The highest BCUT2D eigenvalue weighted by atomic mass is 32.1. The van der Waals surface area contributed by atoms with Crippen LogP contribution in [0.5, 0.6) is 0 Å². The fourth-order valence-corrected chi connectivity index (χ4v) is 5.25. The van der Waals surface area contributed by atoms with E-state index in [0.29, 0.717) is 12.0 Å². The van der Waals surface area contributed by atoms with Crippen molar-refractivity contribution < 1.29 is 24.2 Å². The number of carbonyl (C=O) groups excluding carboxylic acids is 2. The van der Waals surface area contributed by atoms with E-state index >= 15 is 0 Å². The molecule has 0 saturated carbocycles. The Hall–Kier alpha value is -2.19. The summed E-state index contributed by atoms with van der Waals surface area (Å²) in [5.41, 5.74) is 1.68. The number of carbonyl (C=O) groups is 2. The normalized spacial score (nSPS) is 24.0. The number of amides is 1. The maximum absolute atomic E-state index is 12.3. The first-order valence-corrected chi connectivity index (χ1v) is 8.98. The molecule has 0 aliphatic carbocycles. The van der Waals surface area contributed by atoms with Gasteiger partial charge in [-0.2, -0.15) is 4.40 Å². The molecule has 1 N–H and O–H groups in total. The number of aliphatic hydroxyl groups is 1. The van der Waals surface area contributed by atoms with Crippen molar-refractivity contribution in [2.24, 2.45) is 13.0 Å². The molecule has 0 unspecified atom stereocenters. The van der Waals surface area contributed by atoms with Crippen LogP contribution in [-0.4, -0.2) is 38.6 Å². The summed E-state index contributed by atoms with van der Waals surface area (Å²) < 4.78 is 4.12. The standard InChI is InChI=1S/C17H19N3O4S/c1-7-16-19(9(3)18(7)4)6-12(25-16)10-5-11-13(8(2)21)15(22)20(11)14(10)17(23)24/h6,8,11,13,21H,5H2,1-4H3/t8-,11-,13-/m1/s1. The summed E-state index contributed by atoms with van der Waals surface area (Å²) in [4.78, 5) is 27.2. The van der Waals surface area contributed by atoms with Crippen LogP contribution >= 0.6 is 11.3 Å². The molecule has 0 aromatic carbocycles. The molecule has 1 fully saturated rings. The zero-order chi connectivity index (χ0) is 18.2. The molecule has 0 radical (unpaired) electrons. The van der Waals surface area contributed by atoms with Gasteiger partial charge in [0.05, 0.1) is 41.7 Å². The Morgan fingerprint density at radius 1 is 1.48 bits per heavy atom. The monoisotopic (exact) mass is 361 g/mol. The van der Waals surface area contributed by atoms with Crippen LogP contribution in [0.25, 0.3) is 10.4 Å². The maximum Gasteiger partial charge on any atom is 0.259 e. The highest BCUT2D eigenvalue weighted by Gasteiger charge is 2.55. The van der Waals surface area contributed by atoms with Crippen molar-refractivity contribution in [2.45, 2.75) is 39.3 Å². The Bertz CT molecular complexity index is 931. The average Bonchev–Trinajstić information content (AvgIpc) is 3.16. The molecule has 0 spiro atoms. The number of hydrogen-bond acceptors (Lipinski definition) is 5. The molecule has 0 bridgehead atoms. The van der Waals surface area contributed by atoms with Crippen LogP contribution in [0.4, 0.5) is 0 Å². The number of thiazole rings is 1. The number of rotatable bonds is 3. The molecule has 1 amide bonds. The minimum Gasteiger partial charge on any atom is -0.543 e. The number of aryl methyl sites for hydroxylation is 2. The van der Waals surface area contributed by atoms with Crippen molar-refractivity contribution >= 4 is 33.6 Å². The van der Waals surface area contributed by atoms with Gasteiger partial charge in [-0.1, -0.05) is 11.3 Å². The third-order valence-electron chi connectivity index (χ3n) is 5.54. The van der Waals surface area contributed by atoms with Gasteiger partial charge in [-0.3, -0.25) is 4.79 Å². The molecule has 2 aromatic rings. The average molecular weight is 361 g/mol. The largest absolute Gasteiger partial charge is 0.543 e. The third kappa shape index (κ3) is 1.98. The van der Waals surface area contributed by atoms with E-state index in [0.717, 1.165) is 21.2 Å². The second-order valence-corrected chi connectivity index (χ2v) is 7.85. The molecular formula is C17H19N3O4S. The molecule has 132 valence electrons. The summed E-state index contributed by atoms with van der Waals surface area (Å²) in [7, 11) is 1.99. The van der Waals surface area contributed by atoms with Crippen molar-refractivity contribution in [3.05, 3.63) is 28.3 Å². The number of aliphatic carboxylic acids is 1. The van der Waals surface area contributed by atoms with Gasteiger partial charge < -0.3 is 19.9 Å². The molecule has 2 aromatic heterocycles. The summed E-state index contributed by atoms with van der Waals surface area (Å²) in [6.45, 7) is 5.59. The Balaban J connectivity index is 1.83. The lowest BCUT2D eigenvalue weighted by Gasteiger charge is -2.45. The van der Waals surface area contributed by atoms with E-state index in [-0.39, 0.29) is 17.6 Å². The minimum absolute atomic E-state index is 0.0453. The van der Waals surface area contributed by atoms with Crippen LogP contribution in [0.15, 0.2) is 11.9 Å². The molecule has 4 heterocycles. The van der Waals surface area contributed by atoms with Gasteiger partial charge >= 0.3 is 0 Å². The molecule has 2 aliphatic heterocycles. The number of nitrogens with zero attached hydrogens (tertiary/aromatic N) is 3. The first-order chi connectivity index (χ1) is 11.7. The number of hydrogen-bond donors (Lipinski definition) is 1. The topological polar surface area (TPSA) is 89.7 Å². The van der Waals surface area contributed by atoms with E-state index in [1.165, 1.54) is 16.2 Å². The Morgan fingerprint density at radius 3 is 2.72 bits per heavy atom. The molecule has 3 atom stereocenters. The van der Waals surface area contributed by atoms with E-state index in [4.69, 9.17) is 0 Å². The van der Waals surface area contributed by atoms with Crippen molar-refractivity contribution in [1.29, 1.82) is 0 Å². The van der Waals surface area contributed by atoms with E-state index in [1.807, 2.05) is 31.5 Å². The second-order valence-electron chi connectivity index (χ2n) is 6.82. The summed E-state index contributed by atoms with van der Waals surface area (Å²) in [6.07, 6.45) is 1.56. The van der Waals surface area contributed by atoms with Crippen molar-refractivity contribution in [1.82, 2.24) is 9.47 Å². The van der Waals surface area contributed by atoms with E-state index < -0.39 is 18.0 Å². The molecule has 2 aliphatic rings. The Labute approximate surface area is 148 Å². The summed E-state index contributed by atoms with van der Waals surface area (Å²) >= 11 is 1.51. The number of fused-ring (bicyclic) bond motifs is 2. The fraction of sp³-hybridized carbons (Fsp3) is 0.471. The first kappa shape index (κ1) is 16.3. The van der Waals surface area contributed by atoms with Gasteiger partial charge in [0, 0.05) is 19.4 Å². The molecule has 1 saturated heterocycles. The number of carboxylic acid groups (broad SMARTS) is 1. The molecule has 8 heteroatoms. The van der Waals surface area contributed by atoms with Gasteiger partial charge in [0.15, 0.2) is 5.69 Å². The molecule has 7 nitrogen and oxygen atoms in total. The van der Waals surface area contributed by atoms with Gasteiger partial charge in [-0.05, 0) is 13.3 Å². The van der Waals surface area contributed by atoms with Gasteiger partial charge in [0.2, 0.25) is 10.7 Å². The van der Waals surface area contributed by atoms with Gasteiger partial charge in [0.25, 0.3) is 5.82 Å². The molecular weight excluding hydrogens is 342 g/mol. The van der Waals surface area contributed by atoms with Gasteiger partial charge in [0.1, 0.15) is 6.20 Å². The van der Waals surface area contributed by atoms with Gasteiger partial charge in [-0.25, -0.2) is 4.57 Å². The van der Waals surface area contributed by atoms with Crippen LogP contribution < -0.4 is 9.51 Å². The van der Waals surface area contributed by atoms with Crippen LogP contribution in [0.1, 0.15) is 29.7 Å². The zero-order valence-corrected chi connectivity index (χ0v) is 15.3. The third-order valence-corrected chi connectivity index (χ3v) is 6.79. The molecule has 25 heavy (non-hydrogen) atoms.